The molecule has 0 radical (unpaired) electrons. The Morgan fingerprint density at radius 2 is 2.25 bits per heavy atom. The van der Waals surface area contributed by atoms with Crippen molar-refractivity contribution in [2.45, 2.75) is 32.7 Å². The van der Waals surface area contributed by atoms with Gasteiger partial charge in [-0.05, 0) is 32.3 Å². The summed E-state index contributed by atoms with van der Waals surface area (Å²) >= 11 is 0. The number of carbonyl (C=O) groups excluding carboxylic acids is 1. The van der Waals surface area contributed by atoms with Crippen LogP contribution in [0.15, 0.2) is 12.2 Å². The summed E-state index contributed by atoms with van der Waals surface area (Å²) in [5.41, 5.74) is 0.815. The molecule has 1 amide bonds. The Balaban J connectivity index is 2.38. The van der Waals surface area contributed by atoms with Gasteiger partial charge in [-0.3, -0.25) is 4.79 Å². The summed E-state index contributed by atoms with van der Waals surface area (Å²) in [5.74, 6) is 0.273. The van der Waals surface area contributed by atoms with Gasteiger partial charge >= 0.3 is 0 Å². The van der Waals surface area contributed by atoms with Crippen molar-refractivity contribution in [2.75, 3.05) is 6.54 Å². The molecule has 0 N–H and O–H groups in total. The molecule has 0 spiro atoms. The van der Waals surface area contributed by atoms with E-state index in [9.17, 15) is 4.79 Å². The summed E-state index contributed by atoms with van der Waals surface area (Å²) < 4.78 is 0. The molecular weight excluding hydrogens is 150 g/mol. The number of fused-ring (bicyclic) bond motifs is 1. The summed E-state index contributed by atoms with van der Waals surface area (Å²) in [6, 6.07) is 0.354. The molecule has 2 rings (SSSR count). The van der Waals surface area contributed by atoms with Crippen LogP contribution in [-0.2, 0) is 4.79 Å². The lowest BCUT2D eigenvalue weighted by Crippen LogP contribution is -2.31. The molecule has 0 aromatic rings. The van der Waals surface area contributed by atoms with Crippen LogP contribution in [0.4, 0.5) is 0 Å². The van der Waals surface area contributed by atoms with Gasteiger partial charge in [-0.1, -0.05) is 6.58 Å². The van der Waals surface area contributed by atoms with Gasteiger partial charge in [0.05, 0.1) is 11.5 Å². The molecule has 2 heteroatoms. The van der Waals surface area contributed by atoms with Crippen LogP contribution >= 0.6 is 0 Å². The van der Waals surface area contributed by atoms with Crippen molar-refractivity contribution >= 4 is 5.91 Å². The third-order valence-corrected chi connectivity index (χ3v) is 3.25. The lowest BCUT2D eigenvalue weighted by molar-refractivity contribution is -0.134. The molecule has 66 valence electrons. The number of carbonyl (C=O) groups is 1. The first-order valence-corrected chi connectivity index (χ1v) is 4.55. The summed E-state index contributed by atoms with van der Waals surface area (Å²) in [7, 11) is 0. The van der Waals surface area contributed by atoms with Gasteiger partial charge in [0.2, 0.25) is 5.91 Å². The quantitative estimate of drug-likeness (QED) is 0.499. The van der Waals surface area contributed by atoms with E-state index in [1.54, 1.807) is 0 Å². The third kappa shape index (κ3) is 0.728. The van der Waals surface area contributed by atoms with E-state index in [0.717, 1.165) is 25.0 Å². The van der Waals surface area contributed by atoms with Crippen LogP contribution in [-0.4, -0.2) is 23.4 Å². The third-order valence-electron chi connectivity index (χ3n) is 3.25. The normalized spacial score (nSPS) is 32.8. The van der Waals surface area contributed by atoms with E-state index in [-0.39, 0.29) is 11.3 Å². The average molecular weight is 165 g/mol. The van der Waals surface area contributed by atoms with Crippen LogP contribution in [0.25, 0.3) is 0 Å². The lowest BCUT2D eigenvalue weighted by atomic mass is 9.84. The van der Waals surface area contributed by atoms with E-state index in [1.807, 2.05) is 18.7 Å². The zero-order chi connectivity index (χ0) is 8.93. The Morgan fingerprint density at radius 3 is 2.83 bits per heavy atom. The monoisotopic (exact) mass is 165 g/mol. The topological polar surface area (TPSA) is 20.3 Å². The van der Waals surface area contributed by atoms with Crippen LogP contribution in [0.3, 0.4) is 0 Å². The summed E-state index contributed by atoms with van der Waals surface area (Å²) in [5, 5.41) is 0. The number of nitrogens with zero attached hydrogens (tertiary/aromatic N) is 1. The maximum atomic E-state index is 11.8. The fourth-order valence-electron chi connectivity index (χ4n) is 2.28. The Labute approximate surface area is 73.2 Å². The standard InChI is InChI=1S/C10H15NO/c1-7-8-5-4-6-11(8)9(12)10(7,2)3/h8H,1,4-6H2,2-3H3. The first-order chi connectivity index (χ1) is 5.55. The minimum Gasteiger partial charge on any atom is -0.335 e. The minimum atomic E-state index is -0.301. The number of hydrogen-bond donors (Lipinski definition) is 0. The zero-order valence-electron chi connectivity index (χ0n) is 7.76. The molecule has 2 fully saturated rings. The molecule has 0 aliphatic carbocycles. The van der Waals surface area contributed by atoms with Crippen molar-refractivity contribution in [1.29, 1.82) is 0 Å². The van der Waals surface area contributed by atoms with Crippen LogP contribution < -0.4 is 0 Å². The van der Waals surface area contributed by atoms with Gasteiger partial charge in [0.1, 0.15) is 0 Å². The van der Waals surface area contributed by atoms with E-state index in [4.69, 9.17) is 0 Å². The Morgan fingerprint density at radius 1 is 1.58 bits per heavy atom. The average Bonchev–Trinajstić information content (AvgIpc) is 2.53. The molecule has 0 bridgehead atoms. The van der Waals surface area contributed by atoms with Gasteiger partial charge in [-0.2, -0.15) is 0 Å². The Hall–Kier alpha value is -0.790. The first kappa shape index (κ1) is 7.84. The van der Waals surface area contributed by atoms with Gasteiger partial charge in [-0.15, -0.1) is 0 Å². The fourth-order valence-corrected chi connectivity index (χ4v) is 2.28. The molecule has 2 aliphatic heterocycles. The van der Waals surface area contributed by atoms with Gasteiger partial charge in [0, 0.05) is 6.54 Å². The molecule has 1 unspecified atom stereocenters. The highest BCUT2D eigenvalue weighted by Gasteiger charge is 2.49. The summed E-state index contributed by atoms with van der Waals surface area (Å²) in [6.07, 6.45) is 2.26. The van der Waals surface area contributed by atoms with Crippen molar-refractivity contribution in [3.63, 3.8) is 0 Å². The second-order valence-corrected chi connectivity index (χ2v) is 4.31. The molecule has 2 nitrogen and oxygen atoms in total. The molecule has 2 heterocycles. The van der Waals surface area contributed by atoms with E-state index < -0.39 is 0 Å². The van der Waals surface area contributed by atoms with E-state index >= 15 is 0 Å². The van der Waals surface area contributed by atoms with E-state index in [0.29, 0.717) is 6.04 Å². The second kappa shape index (κ2) is 2.12. The van der Waals surface area contributed by atoms with Crippen molar-refractivity contribution < 1.29 is 4.79 Å². The number of hydrogen-bond acceptors (Lipinski definition) is 1. The van der Waals surface area contributed by atoms with Crippen LogP contribution in [0.1, 0.15) is 26.7 Å². The predicted octanol–water partition coefficient (Wildman–Crippen LogP) is 1.57. The molecule has 2 saturated heterocycles. The SMILES string of the molecule is C=C1C2CCCN2C(=O)C1(C)C. The number of rotatable bonds is 0. The molecule has 1 atom stereocenters. The predicted molar refractivity (Wildman–Crippen MR) is 47.7 cm³/mol. The highest BCUT2D eigenvalue weighted by Crippen LogP contribution is 2.43. The first-order valence-electron chi connectivity index (χ1n) is 4.55. The van der Waals surface area contributed by atoms with E-state index in [2.05, 4.69) is 6.58 Å². The van der Waals surface area contributed by atoms with Gasteiger partial charge in [0.25, 0.3) is 0 Å². The van der Waals surface area contributed by atoms with Crippen molar-refractivity contribution in [3.8, 4) is 0 Å². The number of amides is 1. The molecule has 0 aromatic carbocycles. The summed E-state index contributed by atoms with van der Waals surface area (Å²) in [6.45, 7) is 8.94. The fraction of sp³-hybridized carbons (Fsp3) is 0.700. The maximum Gasteiger partial charge on any atom is 0.232 e. The van der Waals surface area contributed by atoms with Gasteiger partial charge in [0.15, 0.2) is 0 Å². The highest BCUT2D eigenvalue weighted by atomic mass is 16.2. The molecule has 2 aliphatic rings. The van der Waals surface area contributed by atoms with Crippen LogP contribution in [0.5, 0.6) is 0 Å². The zero-order valence-corrected chi connectivity index (χ0v) is 7.76. The molecule has 0 saturated carbocycles. The second-order valence-electron chi connectivity index (χ2n) is 4.31. The lowest BCUT2D eigenvalue weighted by Gasteiger charge is -2.17. The van der Waals surface area contributed by atoms with E-state index in [1.165, 1.54) is 0 Å². The Bertz CT molecular complexity index is 231. The van der Waals surface area contributed by atoms with Crippen molar-refractivity contribution in [2.24, 2.45) is 5.41 Å². The maximum absolute atomic E-state index is 11.8. The van der Waals surface area contributed by atoms with Crippen LogP contribution in [0.2, 0.25) is 0 Å². The van der Waals surface area contributed by atoms with Gasteiger partial charge in [-0.25, -0.2) is 0 Å². The smallest absolute Gasteiger partial charge is 0.232 e. The van der Waals surface area contributed by atoms with Crippen molar-refractivity contribution in [3.05, 3.63) is 12.2 Å². The molecule has 0 aromatic heterocycles. The Kier molecular flexibility index (Phi) is 1.39. The molecular formula is C10H15NO. The minimum absolute atomic E-state index is 0.273. The molecule has 12 heavy (non-hydrogen) atoms. The van der Waals surface area contributed by atoms with Gasteiger partial charge < -0.3 is 4.90 Å². The van der Waals surface area contributed by atoms with Crippen molar-refractivity contribution in [1.82, 2.24) is 4.90 Å². The summed E-state index contributed by atoms with van der Waals surface area (Å²) in [4.78, 5) is 13.8. The largest absolute Gasteiger partial charge is 0.335 e. The highest BCUT2D eigenvalue weighted by molar-refractivity contribution is 5.89. The van der Waals surface area contributed by atoms with Crippen LogP contribution in [0, 0.1) is 5.41 Å².